The highest BCUT2D eigenvalue weighted by atomic mass is 35.5. The van der Waals surface area contributed by atoms with Crippen LogP contribution in [0.2, 0.25) is 5.02 Å². The van der Waals surface area contributed by atoms with Crippen LogP contribution in [0.5, 0.6) is 0 Å². The van der Waals surface area contributed by atoms with Gasteiger partial charge >= 0.3 is 11.9 Å². The first kappa shape index (κ1) is 34.7. The van der Waals surface area contributed by atoms with E-state index in [1.807, 2.05) is 41.5 Å². The maximum absolute atomic E-state index is 12.4. The SMILES string of the molecule is C=CC(=O)OCCOC(=O)C(C)(C)CC.CCC(C)(C)C(=O)Nc1ccc(S(=O)(=O)Nc2ccc(Cl)cc2)cc1. The molecule has 0 radical (unpaired) electrons. The third-order valence-electron chi connectivity index (χ3n) is 6.18. The van der Waals surface area contributed by atoms with Gasteiger partial charge in [0.2, 0.25) is 5.91 Å². The summed E-state index contributed by atoms with van der Waals surface area (Å²) >= 11 is 5.79. The molecule has 0 fully saturated rings. The van der Waals surface area contributed by atoms with Crippen LogP contribution in [0.25, 0.3) is 0 Å². The fraction of sp³-hybridized carbons (Fsp3) is 0.414. The van der Waals surface area contributed by atoms with E-state index in [1.165, 1.54) is 12.1 Å². The summed E-state index contributed by atoms with van der Waals surface area (Å²) in [7, 11) is -3.71. The molecular formula is C29H39ClN2O7S. The molecular weight excluding hydrogens is 556 g/mol. The van der Waals surface area contributed by atoms with Gasteiger partial charge in [-0.25, -0.2) is 13.2 Å². The lowest BCUT2D eigenvalue weighted by Crippen LogP contribution is -2.29. The molecule has 9 nitrogen and oxygen atoms in total. The lowest BCUT2D eigenvalue weighted by Gasteiger charge is -2.21. The van der Waals surface area contributed by atoms with E-state index in [0.717, 1.165) is 6.08 Å². The number of esters is 2. The molecule has 2 aromatic carbocycles. The topological polar surface area (TPSA) is 128 Å². The molecule has 0 bridgehead atoms. The molecule has 0 unspecified atom stereocenters. The van der Waals surface area contributed by atoms with E-state index in [-0.39, 0.29) is 30.0 Å². The number of carbonyl (C=O) groups is 3. The average Bonchev–Trinajstić information content (AvgIpc) is 2.92. The van der Waals surface area contributed by atoms with Gasteiger partial charge in [-0.2, -0.15) is 0 Å². The molecule has 1 amide bonds. The Kier molecular flexibility index (Phi) is 13.4. The molecule has 11 heteroatoms. The van der Waals surface area contributed by atoms with Crippen LogP contribution in [0.1, 0.15) is 54.4 Å². The molecule has 0 atom stereocenters. The fourth-order valence-electron chi connectivity index (χ4n) is 2.59. The normalized spacial score (nSPS) is 11.4. The maximum Gasteiger partial charge on any atom is 0.330 e. The van der Waals surface area contributed by atoms with Crippen molar-refractivity contribution in [1.29, 1.82) is 0 Å². The van der Waals surface area contributed by atoms with Gasteiger partial charge in [-0.3, -0.25) is 14.3 Å². The molecule has 0 aliphatic rings. The van der Waals surface area contributed by atoms with Crippen molar-refractivity contribution >= 4 is 50.8 Å². The van der Waals surface area contributed by atoms with Gasteiger partial charge < -0.3 is 14.8 Å². The monoisotopic (exact) mass is 594 g/mol. The van der Waals surface area contributed by atoms with Gasteiger partial charge in [0, 0.05) is 27.9 Å². The Hall–Kier alpha value is -3.37. The van der Waals surface area contributed by atoms with Crippen LogP contribution in [0.4, 0.5) is 11.4 Å². The number of amides is 1. The second kappa shape index (κ2) is 15.4. The van der Waals surface area contributed by atoms with Gasteiger partial charge in [0.05, 0.1) is 10.3 Å². The van der Waals surface area contributed by atoms with Crippen LogP contribution in [0.3, 0.4) is 0 Å². The summed E-state index contributed by atoms with van der Waals surface area (Å²) in [5.74, 6) is -0.898. The third kappa shape index (κ3) is 11.4. The number of ether oxygens (including phenoxy) is 2. The molecule has 2 aromatic rings. The molecule has 2 rings (SSSR count). The summed E-state index contributed by atoms with van der Waals surface area (Å²) in [6.45, 7) is 14.6. The van der Waals surface area contributed by atoms with Gasteiger partial charge in [0.15, 0.2) is 0 Å². The lowest BCUT2D eigenvalue weighted by molar-refractivity contribution is -0.157. The van der Waals surface area contributed by atoms with Crippen LogP contribution in [-0.2, 0) is 33.9 Å². The maximum atomic E-state index is 12.4. The first-order valence-electron chi connectivity index (χ1n) is 12.7. The first-order chi connectivity index (χ1) is 18.6. The zero-order valence-electron chi connectivity index (χ0n) is 23.9. The zero-order valence-corrected chi connectivity index (χ0v) is 25.4. The summed E-state index contributed by atoms with van der Waals surface area (Å²) in [4.78, 5) is 34.3. The minimum absolute atomic E-state index is 0.0659. The molecule has 0 saturated carbocycles. The predicted octanol–water partition coefficient (Wildman–Crippen LogP) is 6.21. The van der Waals surface area contributed by atoms with Crippen molar-refractivity contribution in [2.45, 2.75) is 59.3 Å². The average molecular weight is 595 g/mol. The van der Waals surface area contributed by atoms with Crippen molar-refractivity contribution in [3.05, 3.63) is 66.2 Å². The molecule has 40 heavy (non-hydrogen) atoms. The van der Waals surface area contributed by atoms with Crippen LogP contribution < -0.4 is 10.0 Å². The first-order valence-corrected chi connectivity index (χ1v) is 14.6. The molecule has 2 N–H and O–H groups in total. The summed E-state index contributed by atoms with van der Waals surface area (Å²) < 4.78 is 36.9. The Morgan fingerprint density at radius 2 is 1.35 bits per heavy atom. The second-order valence-electron chi connectivity index (χ2n) is 10.1. The van der Waals surface area contributed by atoms with Gasteiger partial charge in [-0.1, -0.05) is 45.9 Å². The van der Waals surface area contributed by atoms with Crippen LogP contribution in [0.15, 0.2) is 66.1 Å². The van der Waals surface area contributed by atoms with Crippen molar-refractivity contribution in [3.8, 4) is 0 Å². The highest BCUT2D eigenvalue weighted by molar-refractivity contribution is 7.92. The molecule has 0 spiro atoms. The Morgan fingerprint density at radius 1 is 0.850 bits per heavy atom. The highest BCUT2D eigenvalue weighted by Crippen LogP contribution is 2.24. The van der Waals surface area contributed by atoms with E-state index < -0.39 is 26.8 Å². The van der Waals surface area contributed by atoms with Gasteiger partial charge in [-0.15, -0.1) is 0 Å². The van der Waals surface area contributed by atoms with Crippen LogP contribution in [-0.4, -0.2) is 39.5 Å². The van der Waals surface area contributed by atoms with E-state index in [9.17, 15) is 22.8 Å². The summed E-state index contributed by atoms with van der Waals surface area (Å²) in [5.41, 5.74) is 0.00649. The Balaban J connectivity index is 0.000000459. The summed E-state index contributed by atoms with van der Waals surface area (Å²) in [6.07, 6.45) is 2.48. The number of halogens is 1. The second-order valence-corrected chi connectivity index (χ2v) is 12.2. The van der Waals surface area contributed by atoms with Crippen LogP contribution in [0, 0.1) is 10.8 Å². The van der Waals surface area contributed by atoms with Crippen molar-refractivity contribution < 1.29 is 32.3 Å². The van der Waals surface area contributed by atoms with Crippen LogP contribution >= 0.6 is 11.6 Å². The van der Waals surface area contributed by atoms with E-state index in [4.69, 9.17) is 16.3 Å². The molecule has 0 heterocycles. The number of rotatable bonds is 12. The predicted molar refractivity (Wildman–Crippen MR) is 158 cm³/mol. The molecule has 0 aliphatic heterocycles. The largest absolute Gasteiger partial charge is 0.462 e. The number of nitrogens with one attached hydrogen (secondary N) is 2. The molecule has 0 aromatic heterocycles. The van der Waals surface area contributed by atoms with Gasteiger partial charge in [-0.05, 0) is 75.2 Å². The van der Waals surface area contributed by atoms with E-state index >= 15 is 0 Å². The van der Waals surface area contributed by atoms with Crippen molar-refractivity contribution in [2.75, 3.05) is 23.3 Å². The van der Waals surface area contributed by atoms with Crippen molar-refractivity contribution in [3.63, 3.8) is 0 Å². The number of anilines is 2. The lowest BCUT2D eigenvalue weighted by atomic mass is 9.89. The number of carbonyl (C=O) groups excluding carboxylic acids is 3. The van der Waals surface area contributed by atoms with Crippen molar-refractivity contribution in [2.24, 2.45) is 10.8 Å². The summed E-state index contributed by atoms with van der Waals surface area (Å²) in [6, 6.07) is 12.4. The Labute approximate surface area is 242 Å². The minimum atomic E-state index is -3.71. The Bertz CT molecular complexity index is 1260. The molecule has 220 valence electrons. The van der Waals surface area contributed by atoms with E-state index in [0.29, 0.717) is 29.2 Å². The zero-order chi connectivity index (χ0) is 30.6. The third-order valence-corrected chi connectivity index (χ3v) is 7.83. The number of benzene rings is 2. The number of sulfonamides is 1. The van der Waals surface area contributed by atoms with Crippen molar-refractivity contribution in [1.82, 2.24) is 0 Å². The van der Waals surface area contributed by atoms with E-state index in [2.05, 4.69) is 21.4 Å². The minimum Gasteiger partial charge on any atom is -0.462 e. The fourth-order valence-corrected chi connectivity index (χ4v) is 3.77. The Morgan fingerprint density at radius 3 is 1.85 bits per heavy atom. The standard InChI is InChI=1S/C18H21ClN2O3S.C11H18O4/c1-4-18(2,3)17(22)20-14-9-11-16(12-10-14)25(23,24)21-15-7-5-13(19)6-8-15;1-5-9(12)14-7-8-15-10(13)11(3,4)6-2/h5-12,21H,4H2,1-3H3,(H,20,22);5H,1,6-8H2,2-4H3. The number of hydrogen-bond acceptors (Lipinski definition) is 7. The molecule has 0 saturated heterocycles. The smallest absolute Gasteiger partial charge is 0.330 e. The quantitative estimate of drug-likeness (QED) is 0.170. The molecule has 0 aliphatic carbocycles. The highest BCUT2D eigenvalue weighted by Gasteiger charge is 2.27. The summed E-state index contributed by atoms with van der Waals surface area (Å²) in [5, 5.41) is 3.32. The van der Waals surface area contributed by atoms with Gasteiger partial charge in [0.1, 0.15) is 13.2 Å². The van der Waals surface area contributed by atoms with E-state index in [1.54, 1.807) is 36.4 Å². The van der Waals surface area contributed by atoms with Gasteiger partial charge in [0.25, 0.3) is 10.0 Å². The number of hydrogen-bond donors (Lipinski definition) is 2.